The zero-order chi connectivity index (χ0) is 19.9. The van der Waals surface area contributed by atoms with E-state index < -0.39 is 12.5 Å². The van der Waals surface area contributed by atoms with Gasteiger partial charge in [-0.25, -0.2) is 0 Å². The van der Waals surface area contributed by atoms with Crippen LogP contribution in [0.1, 0.15) is 35.9 Å². The van der Waals surface area contributed by atoms with Crippen molar-refractivity contribution in [1.82, 2.24) is 9.88 Å². The number of aromatic amines is 1. The van der Waals surface area contributed by atoms with Gasteiger partial charge < -0.3 is 14.8 Å². The number of hydrogen-bond acceptors (Lipinski definition) is 3. The summed E-state index contributed by atoms with van der Waals surface area (Å²) < 4.78 is 40.7. The van der Waals surface area contributed by atoms with Crippen LogP contribution in [0.25, 0.3) is 10.9 Å². The number of β-amino-alcohol motifs (C(OH)–C–C–N with tert-alkyl or cyclic N) is 1. The maximum atomic E-state index is 12.3. The number of nitrogens with zero attached hydrogens (tertiary/aromatic N) is 1. The molecule has 2 N–H and O–H groups in total. The number of halogens is 3. The minimum absolute atomic E-state index is 0.110. The molecule has 0 fully saturated rings. The van der Waals surface area contributed by atoms with Gasteiger partial charge in [0.25, 0.3) is 0 Å². The fourth-order valence-electron chi connectivity index (χ4n) is 3.95. The smallest absolute Gasteiger partial charge is 0.406 e. The predicted molar refractivity (Wildman–Crippen MR) is 100 cm³/mol. The number of aromatic nitrogens is 1. The monoisotopic (exact) mass is 390 g/mol. The number of aliphatic hydroxyl groups excluding tert-OH is 1. The quantitative estimate of drug-likeness (QED) is 0.678. The highest BCUT2D eigenvalue weighted by Gasteiger charge is 2.31. The highest BCUT2D eigenvalue weighted by atomic mass is 19.4. The molecule has 0 unspecified atom stereocenters. The molecule has 0 bridgehead atoms. The van der Waals surface area contributed by atoms with Gasteiger partial charge in [-0.2, -0.15) is 0 Å². The number of nitrogens with one attached hydrogen (secondary N) is 1. The van der Waals surface area contributed by atoms with Crippen LogP contribution in [0.4, 0.5) is 13.2 Å². The van der Waals surface area contributed by atoms with Crippen molar-refractivity contribution < 1.29 is 23.0 Å². The molecule has 0 aliphatic carbocycles. The second-order valence-electron chi connectivity index (χ2n) is 7.12. The first-order valence-corrected chi connectivity index (χ1v) is 9.19. The van der Waals surface area contributed by atoms with Gasteiger partial charge in [0.2, 0.25) is 0 Å². The van der Waals surface area contributed by atoms with Crippen LogP contribution in [0, 0.1) is 0 Å². The van der Waals surface area contributed by atoms with Crippen molar-refractivity contribution in [3.63, 3.8) is 0 Å². The molecule has 0 spiro atoms. The number of benzene rings is 2. The van der Waals surface area contributed by atoms with E-state index >= 15 is 0 Å². The molecule has 1 aromatic heterocycles. The van der Waals surface area contributed by atoms with Crippen molar-refractivity contribution in [3.8, 4) is 5.75 Å². The van der Waals surface area contributed by atoms with Crippen LogP contribution >= 0.6 is 0 Å². The van der Waals surface area contributed by atoms with Crippen LogP contribution in [0.3, 0.4) is 0 Å². The Balaban J connectivity index is 1.47. The highest BCUT2D eigenvalue weighted by Crippen LogP contribution is 2.35. The summed E-state index contributed by atoms with van der Waals surface area (Å²) in [5.41, 5.74) is 4.15. The number of aliphatic hydroxyl groups is 1. The molecule has 0 saturated carbocycles. The third kappa shape index (κ3) is 3.72. The van der Waals surface area contributed by atoms with E-state index in [1.54, 1.807) is 0 Å². The third-order valence-corrected chi connectivity index (χ3v) is 5.37. The Hall–Kier alpha value is -2.51. The molecular formula is C21H21F3N2O2. The number of para-hydroxylation sites is 1. The average molecular weight is 390 g/mol. The predicted octanol–water partition coefficient (Wildman–Crippen LogP) is 4.72. The first-order chi connectivity index (χ1) is 13.3. The molecule has 2 heterocycles. The first kappa shape index (κ1) is 18.8. The molecule has 1 aliphatic heterocycles. The summed E-state index contributed by atoms with van der Waals surface area (Å²) in [6, 6.07) is 13.7. The number of ether oxygens (including phenoxy) is 1. The SMILES string of the molecule is C[C@@H]1c2[nH]c3ccccc3c2CCN1C[C@H](O)c1ccc(OC(F)(F)F)cc1. The minimum atomic E-state index is -4.72. The Labute approximate surface area is 160 Å². The van der Waals surface area contributed by atoms with Crippen molar-refractivity contribution in [3.05, 3.63) is 65.4 Å². The van der Waals surface area contributed by atoms with Gasteiger partial charge in [-0.05, 0) is 42.7 Å². The summed E-state index contributed by atoms with van der Waals surface area (Å²) in [6.45, 7) is 3.30. The number of alkyl halides is 3. The Kier molecular flexibility index (Phi) is 4.81. The van der Waals surface area contributed by atoms with Crippen LogP contribution < -0.4 is 4.74 Å². The second-order valence-corrected chi connectivity index (χ2v) is 7.12. The fraction of sp³-hybridized carbons (Fsp3) is 0.333. The molecule has 1 aliphatic rings. The van der Waals surface area contributed by atoms with E-state index in [-0.39, 0.29) is 11.8 Å². The number of rotatable bonds is 4. The van der Waals surface area contributed by atoms with Crippen LogP contribution in [0.15, 0.2) is 48.5 Å². The van der Waals surface area contributed by atoms with Gasteiger partial charge in [-0.3, -0.25) is 4.90 Å². The Morgan fingerprint density at radius 1 is 1.18 bits per heavy atom. The lowest BCUT2D eigenvalue weighted by Gasteiger charge is -2.35. The molecule has 7 heteroatoms. The number of H-pyrrole nitrogens is 1. The Morgan fingerprint density at radius 2 is 1.89 bits per heavy atom. The molecule has 28 heavy (non-hydrogen) atoms. The second kappa shape index (κ2) is 7.14. The van der Waals surface area contributed by atoms with Crippen molar-refractivity contribution >= 4 is 10.9 Å². The Morgan fingerprint density at radius 3 is 2.61 bits per heavy atom. The van der Waals surface area contributed by atoms with E-state index in [0.29, 0.717) is 12.1 Å². The molecule has 4 nitrogen and oxygen atoms in total. The van der Waals surface area contributed by atoms with Gasteiger partial charge in [-0.1, -0.05) is 30.3 Å². The van der Waals surface area contributed by atoms with E-state index in [9.17, 15) is 18.3 Å². The number of hydrogen-bond donors (Lipinski definition) is 2. The summed E-state index contributed by atoms with van der Waals surface area (Å²) in [4.78, 5) is 5.67. The standard InChI is InChI=1S/C21H21F3N2O2/c1-13-20-17(16-4-2-3-5-18(16)25-20)10-11-26(13)12-19(27)14-6-8-15(9-7-14)28-21(22,23)24/h2-9,13,19,25,27H,10-12H2,1H3/t13-,19+/m1/s1. The summed E-state index contributed by atoms with van der Waals surface area (Å²) in [5.74, 6) is -0.294. The van der Waals surface area contributed by atoms with Gasteiger partial charge >= 0.3 is 6.36 Å². The summed E-state index contributed by atoms with van der Waals surface area (Å²) in [7, 11) is 0. The van der Waals surface area contributed by atoms with Gasteiger partial charge in [0.1, 0.15) is 5.75 Å². The maximum Gasteiger partial charge on any atom is 0.573 e. The molecule has 2 atom stereocenters. The molecule has 0 radical (unpaired) electrons. The molecule has 0 amide bonds. The van der Waals surface area contributed by atoms with Crippen LogP contribution in [-0.2, 0) is 6.42 Å². The maximum absolute atomic E-state index is 12.3. The molecular weight excluding hydrogens is 369 g/mol. The van der Waals surface area contributed by atoms with Gasteiger partial charge in [-0.15, -0.1) is 13.2 Å². The van der Waals surface area contributed by atoms with E-state index in [0.717, 1.165) is 24.2 Å². The van der Waals surface area contributed by atoms with Crippen molar-refractivity contribution in [2.24, 2.45) is 0 Å². The van der Waals surface area contributed by atoms with Crippen LogP contribution in [-0.4, -0.2) is 34.4 Å². The third-order valence-electron chi connectivity index (χ3n) is 5.37. The molecule has 4 rings (SSSR count). The molecule has 3 aromatic rings. The van der Waals surface area contributed by atoms with Gasteiger partial charge in [0, 0.05) is 35.7 Å². The zero-order valence-electron chi connectivity index (χ0n) is 15.3. The van der Waals surface area contributed by atoms with Crippen molar-refractivity contribution in [2.75, 3.05) is 13.1 Å². The minimum Gasteiger partial charge on any atom is -0.406 e. The molecule has 2 aromatic carbocycles. The molecule has 148 valence electrons. The van der Waals surface area contributed by atoms with Crippen LogP contribution in [0.5, 0.6) is 5.75 Å². The lowest BCUT2D eigenvalue weighted by molar-refractivity contribution is -0.274. The van der Waals surface area contributed by atoms with Crippen molar-refractivity contribution in [1.29, 1.82) is 0 Å². The summed E-state index contributed by atoms with van der Waals surface area (Å²) >= 11 is 0. The fourth-order valence-corrected chi connectivity index (χ4v) is 3.95. The van der Waals surface area contributed by atoms with Gasteiger partial charge in [0.05, 0.1) is 6.10 Å². The molecule has 0 saturated heterocycles. The summed E-state index contributed by atoms with van der Waals surface area (Å²) in [6.07, 6.45) is -4.64. The highest BCUT2D eigenvalue weighted by molar-refractivity contribution is 5.85. The van der Waals surface area contributed by atoms with E-state index in [4.69, 9.17) is 0 Å². The average Bonchev–Trinajstić information content (AvgIpc) is 3.03. The topological polar surface area (TPSA) is 48.5 Å². The zero-order valence-corrected chi connectivity index (χ0v) is 15.3. The van der Waals surface area contributed by atoms with E-state index in [1.165, 1.54) is 35.2 Å². The van der Waals surface area contributed by atoms with Crippen LogP contribution in [0.2, 0.25) is 0 Å². The largest absolute Gasteiger partial charge is 0.573 e. The van der Waals surface area contributed by atoms with E-state index in [2.05, 4.69) is 33.7 Å². The summed E-state index contributed by atoms with van der Waals surface area (Å²) in [5, 5.41) is 11.8. The normalized spacial score (nSPS) is 18.8. The van der Waals surface area contributed by atoms with E-state index in [1.807, 2.05) is 12.1 Å². The first-order valence-electron chi connectivity index (χ1n) is 9.19. The van der Waals surface area contributed by atoms with Crippen molar-refractivity contribution in [2.45, 2.75) is 31.9 Å². The van der Waals surface area contributed by atoms with Gasteiger partial charge in [0.15, 0.2) is 0 Å². The lowest BCUT2D eigenvalue weighted by atomic mass is 9.97. The lowest BCUT2D eigenvalue weighted by Crippen LogP contribution is -2.36. The Bertz CT molecular complexity index is 966. The number of fused-ring (bicyclic) bond motifs is 3.